The highest BCUT2D eigenvalue weighted by Crippen LogP contribution is 2.35. The maximum absolute atomic E-state index is 12.8. The summed E-state index contributed by atoms with van der Waals surface area (Å²) in [5.41, 5.74) is 0.915. The van der Waals surface area contributed by atoms with Gasteiger partial charge < -0.3 is 9.52 Å². The molecule has 5 nitrogen and oxygen atoms in total. The van der Waals surface area contributed by atoms with E-state index in [2.05, 4.69) is 15.9 Å². The zero-order chi connectivity index (χ0) is 20.3. The molecule has 3 rings (SSSR count). The van der Waals surface area contributed by atoms with Crippen LogP contribution in [0.15, 0.2) is 50.2 Å². The number of aliphatic carboxylic acids is 1. The van der Waals surface area contributed by atoms with Crippen molar-refractivity contribution in [1.29, 1.82) is 0 Å². The van der Waals surface area contributed by atoms with Crippen LogP contribution >= 0.6 is 51.7 Å². The van der Waals surface area contributed by atoms with Gasteiger partial charge in [-0.15, -0.1) is 0 Å². The molecule has 0 bridgehead atoms. The van der Waals surface area contributed by atoms with E-state index in [9.17, 15) is 14.7 Å². The molecule has 0 aliphatic carbocycles. The third kappa shape index (κ3) is 4.71. The number of hydrogen-bond donors (Lipinski definition) is 1. The smallest absolute Gasteiger partial charge is 0.326 e. The lowest BCUT2D eigenvalue weighted by atomic mass is 10.2. The van der Waals surface area contributed by atoms with E-state index in [-0.39, 0.29) is 4.32 Å². The molecular weight excluding hydrogens is 482 g/mol. The molecule has 0 spiro atoms. The number of hydrogen-bond acceptors (Lipinski definition) is 6. The molecule has 2 heterocycles. The Kier molecular flexibility index (Phi) is 7.03. The van der Waals surface area contributed by atoms with E-state index in [1.165, 1.54) is 16.7 Å². The first kappa shape index (κ1) is 21.2. The topological polar surface area (TPSA) is 70.8 Å². The number of halogens is 1. The van der Waals surface area contributed by atoms with Crippen LogP contribution in [0.1, 0.15) is 12.2 Å². The maximum atomic E-state index is 12.8. The highest BCUT2D eigenvalue weighted by Gasteiger charge is 2.40. The number of thioether (sulfide) groups is 2. The van der Waals surface area contributed by atoms with Gasteiger partial charge in [-0.05, 0) is 42.7 Å². The van der Waals surface area contributed by atoms with Crippen LogP contribution in [0.5, 0.6) is 0 Å². The van der Waals surface area contributed by atoms with E-state index in [0.29, 0.717) is 28.6 Å². The third-order valence-corrected chi connectivity index (χ3v) is 6.55. The van der Waals surface area contributed by atoms with E-state index < -0.39 is 17.9 Å². The number of benzene rings is 1. The zero-order valence-electron chi connectivity index (χ0n) is 14.8. The highest BCUT2D eigenvalue weighted by molar-refractivity contribution is 9.10. The number of furan rings is 1. The van der Waals surface area contributed by atoms with Crippen molar-refractivity contribution in [3.8, 4) is 11.3 Å². The number of carbonyl (C=O) groups excluding carboxylic acids is 1. The lowest BCUT2D eigenvalue weighted by Crippen LogP contribution is -2.44. The average Bonchev–Trinajstić information content (AvgIpc) is 3.22. The van der Waals surface area contributed by atoms with Gasteiger partial charge in [-0.25, -0.2) is 4.79 Å². The molecule has 1 saturated heterocycles. The van der Waals surface area contributed by atoms with Crippen molar-refractivity contribution >= 4 is 73.9 Å². The van der Waals surface area contributed by atoms with E-state index >= 15 is 0 Å². The van der Waals surface area contributed by atoms with E-state index in [1.807, 2.05) is 36.6 Å². The van der Waals surface area contributed by atoms with Crippen molar-refractivity contribution < 1.29 is 19.1 Å². The minimum absolute atomic E-state index is 0.254. The number of rotatable bonds is 7. The molecule has 1 aromatic carbocycles. The standard InChI is InChI=1S/C19H16BrNO4S3/c1-27-9-8-14(18(23)24)21-17(22)16(28-19(21)26)10-13-6-7-15(25-13)11-2-4-12(20)5-3-11/h2-7,10,14H,8-9H2,1H3,(H,23,24)/b16-10+/t14-/m1/s1. The molecule has 1 aliphatic rings. The lowest BCUT2D eigenvalue weighted by molar-refractivity contribution is -0.145. The average molecular weight is 498 g/mol. The summed E-state index contributed by atoms with van der Waals surface area (Å²) in [6.07, 6.45) is 3.84. The molecule has 9 heteroatoms. The van der Waals surface area contributed by atoms with Gasteiger partial charge in [-0.2, -0.15) is 11.8 Å². The largest absolute Gasteiger partial charge is 0.480 e. The van der Waals surface area contributed by atoms with Crippen LogP contribution in [0.2, 0.25) is 0 Å². The Morgan fingerprint density at radius 3 is 2.71 bits per heavy atom. The highest BCUT2D eigenvalue weighted by atomic mass is 79.9. The Hall–Kier alpha value is -1.55. The van der Waals surface area contributed by atoms with E-state index in [0.717, 1.165) is 21.8 Å². The van der Waals surface area contributed by atoms with Crippen molar-refractivity contribution in [2.24, 2.45) is 0 Å². The van der Waals surface area contributed by atoms with Crippen LogP contribution in [0.3, 0.4) is 0 Å². The van der Waals surface area contributed by atoms with Crippen LogP contribution in [0.4, 0.5) is 0 Å². The molecular formula is C19H16BrNO4S3. The predicted molar refractivity (Wildman–Crippen MR) is 121 cm³/mol. The SMILES string of the molecule is CSCC[C@H](C(=O)O)N1C(=O)/C(=C\c2ccc(-c3ccc(Br)cc3)o2)SC1=S. The fraction of sp³-hybridized carbons (Fsp3) is 0.211. The van der Waals surface area contributed by atoms with Crippen molar-refractivity contribution in [3.05, 3.63) is 51.5 Å². The molecule has 1 fully saturated rings. The van der Waals surface area contributed by atoms with Gasteiger partial charge >= 0.3 is 5.97 Å². The normalized spacial score (nSPS) is 16.8. The first-order chi connectivity index (χ1) is 13.4. The van der Waals surface area contributed by atoms with Crippen molar-refractivity contribution in [2.75, 3.05) is 12.0 Å². The maximum Gasteiger partial charge on any atom is 0.326 e. The van der Waals surface area contributed by atoms with Gasteiger partial charge in [0.2, 0.25) is 0 Å². The van der Waals surface area contributed by atoms with Crippen LogP contribution in [0.25, 0.3) is 17.4 Å². The third-order valence-electron chi connectivity index (χ3n) is 4.04. The van der Waals surface area contributed by atoms with Crippen molar-refractivity contribution in [2.45, 2.75) is 12.5 Å². The van der Waals surface area contributed by atoms with Crippen LogP contribution < -0.4 is 0 Å². The Balaban J connectivity index is 1.82. The molecule has 146 valence electrons. The summed E-state index contributed by atoms with van der Waals surface area (Å²) >= 11 is 11.3. The van der Waals surface area contributed by atoms with E-state index in [4.69, 9.17) is 16.6 Å². The molecule has 28 heavy (non-hydrogen) atoms. The van der Waals surface area contributed by atoms with Crippen LogP contribution in [-0.2, 0) is 9.59 Å². The Morgan fingerprint density at radius 2 is 2.07 bits per heavy atom. The second kappa shape index (κ2) is 9.30. The second-order valence-electron chi connectivity index (χ2n) is 5.90. The number of carbonyl (C=O) groups is 2. The molecule has 1 N–H and O–H groups in total. The molecule has 1 aromatic heterocycles. The second-order valence-corrected chi connectivity index (χ2v) is 9.47. The summed E-state index contributed by atoms with van der Waals surface area (Å²) in [4.78, 5) is 26.0. The first-order valence-electron chi connectivity index (χ1n) is 8.25. The minimum atomic E-state index is -1.05. The monoisotopic (exact) mass is 497 g/mol. The number of carboxylic acids is 1. The van der Waals surface area contributed by atoms with Crippen LogP contribution in [0, 0.1) is 0 Å². The van der Waals surface area contributed by atoms with E-state index in [1.54, 1.807) is 12.1 Å². The Labute approximate surface area is 184 Å². The predicted octanol–water partition coefficient (Wildman–Crippen LogP) is 5.12. The molecule has 0 radical (unpaired) electrons. The van der Waals surface area contributed by atoms with Gasteiger partial charge in [0, 0.05) is 16.1 Å². The summed E-state index contributed by atoms with van der Waals surface area (Å²) in [5.74, 6) is 0.362. The zero-order valence-corrected chi connectivity index (χ0v) is 18.8. The molecule has 0 saturated carbocycles. The summed E-state index contributed by atoms with van der Waals surface area (Å²) in [7, 11) is 0. The summed E-state index contributed by atoms with van der Waals surface area (Å²) in [5, 5.41) is 9.51. The molecule has 1 amide bonds. The first-order valence-corrected chi connectivity index (χ1v) is 11.7. The number of nitrogens with zero attached hydrogens (tertiary/aromatic N) is 1. The van der Waals surface area contributed by atoms with Crippen molar-refractivity contribution in [1.82, 2.24) is 4.90 Å². The molecule has 2 aromatic rings. The summed E-state index contributed by atoms with van der Waals surface area (Å²) in [6, 6.07) is 10.3. The Bertz CT molecular complexity index is 939. The van der Waals surface area contributed by atoms with Gasteiger partial charge in [-0.1, -0.05) is 52.0 Å². The fourth-order valence-corrected chi connectivity index (χ4v) is 4.73. The van der Waals surface area contributed by atoms with Gasteiger partial charge in [0.05, 0.1) is 4.91 Å². The quantitative estimate of drug-likeness (QED) is 0.420. The van der Waals surface area contributed by atoms with Crippen LogP contribution in [-0.4, -0.2) is 44.3 Å². The fourth-order valence-electron chi connectivity index (χ4n) is 2.67. The van der Waals surface area contributed by atoms with Gasteiger partial charge in [0.1, 0.15) is 21.9 Å². The number of amides is 1. The minimum Gasteiger partial charge on any atom is -0.480 e. The Morgan fingerprint density at radius 1 is 1.36 bits per heavy atom. The molecule has 1 atom stereocenters. The van der Waals surface area contributed by atoms with Gasteiger partial charge in [-0.3, -0.25) is 9.69 Å². The summed E-state index contributed by atoms with van der Waals surface area (Å²) in [6.45, 7) is 0. The van der Waals surface area contributed by atoms with Crippen molar-refractivity contribution in [3.63, 3.8) is 0 Å². The number of thiocarbonyl (C=S) groups is 1. The molecule has 1 aliphatic heterocycles. The number of carboxylic acid groups (broad SMARTS) is 1. The lowest BCUT2D eigenvalue weighted by Gasteiger charge is -2.22. The van der Waals surface area contributed by atoms with Gasteiger partial charge in [0.15, 0.2) is 0 Å². The summed E-state index contributed by atoms with van der Waals surface area (Å²) < 4.78 is 7.05. The van der Waals surface area contributed by atoms with Gasteiger partial charge in [0.25, 0.3) is 5.91 Å². The molecule has 0 unspecified atom stereocenters.